The molecule has 0 aliphatic heterocycles. The van der Waals surface area contributed by atoms with E-state index in [4.69, 9.17) is 0 Å². The molecule has 9 atom stereocenters. The second-order valence-corrected chi connectivity index (χ2v) is 11.3. The van der Waals surface area contributed by atoms with Gasteiger partial charge >= 0.3 is 0 Å². The summed E-state index contributed by atoms with van der Waals surface area (Å²) in [7, 11) is 6.76. The third-order valence-electron chi connectivity index (χ3n) is 10.5. The van der Waals surface area contributed by atoms with Crippen molar-refractivity contribution in [2.24, 2.45) is 40.4 Å². The van der Waals surface area contributed by atoms with Gasteiger partial charge in [0.25, 0.3) is 0 Å². The van der Waals surface area contributed by atoms with E-state index in [1.165, 1.54) is 57.8 Å². The molecule has 150 valence electrons. The first-order chi connectivity index (χ1) is 12.3. The Labute approximate surface area is 162 Å². The number of nitrogens with one attached hydrogen (secondary N) is 1. The molecular weight excluding hydrogens is 316 g/mol. The van der Waals surface area contributed by atoms with Gasteiger partial charge in [-0.2, -0.15) is 0 Å². The van der Waals surface area contributed by atoms with E-state index in [1.54, 1.807) is 0 Å². The number of nitrogens with zero attached hydrogens (tertiary/aromatic N) is 1. The third kappa shape index (κ3) is 2.72. The fraction of sp³-hybridized carbons (Fsp3) is 1.00. The molecule has 0 saturated heterocycles. The van der Waals surface area contributed by atoms with Crippen LogP contribution in [0.25, 0.3) is 0 Å². The molecule has 0 aromatic rings. The SMILES string of the molecule is CN[C@@H]1CC[C@@]2(C)[C@@H](CC[C@@H]3[C@@H]2CC[C@]2(C)C([C@H](C)N(C)C)CC[C@@H]32)C1. The maximum Gasteiger partial charge on any atom is 0.00944 e. The molecule has 0 radical (unpaired) electrons. The van der Waals surface area contributed by atoms with E-state index in [-0.39, 0.29) is 0 Å². The average Bonchev–Trinajstić information content (AvgIpc) is 2.97. The van der Waals surface area contributed by atoms with E-state index in [1.807, 2.05) is 0 Å². The molecule has 4 saturated carbocycles. The van der Waals surface area contributed by atoms with Crippen LogP contribution in [0.1, 0.15) is 78.6 Å². The van der Waals surface area contributed by atoms with Crippen molar-refractivity contribution < 1.29 is 0 Å². The molecule has 1 unspecified atom stereocenters. The van der Waals surface area contributed by atoms with Gasteiger partial charge in [-0.05, 0) is 126 Å². The molecule has 0 heterocycles. The predicted molar refractivity (Wildman–Crippen MR) is 111 cm³/mol. The summed E-state index contributed by atoms with van der Waals surface area (Å²) in [5, 5.41) is 3.59. The van der Waals surface area contributed by atoms with Gasteiger partial charge in [0.1, 0.15) is 0 Å². The number of hydrogen-bond donors (Lipinski definition) is 1. The molecule has 2 nitrogen and oxygen atoms in total. The number of rotatable bonds is 3. The molecule has 4 fully saturated rings. The van der Waals surface area contributed by atoms with E-state index in [0.717, 1.165) is 41.7 Å². The zero-order chi connectivity index (χ0) is 18.7. The zero-order valence-electron chi connectivity index (χ0n) is 18.4. The highest BCUT2D eigenvalue weighted by atomic mass is 15.1. The lowest BCUT2D eigenvalue weighted by molar-refractivity contribution is -0.118. The topological polar surface area (TPSA) is 15.3 Å². The van der Waals surface area contributed by atoms with Crippen molar-refractivity contribution in [3.63, 3.8) is 0 Å². The first-order valence-electron chi connectivity index (χ1n) is 11.6. The Morgan fingerprint density at radius 2 is 1.58 bits per heavy atom. The third-order valence-corrected chi connectivity index (χ3v) is 10.5. The van der Waals surface area contributed by atoms with Crippen LogP contribution < -0.4 is 5.32 Å². The maximum absolute atomic E-state index is 3.59. The Balaban J connectivity index is 1.56. The van der Waals surface area contributed by atoms with Crippen molar-refractivity contribution in [3.05, 3.63) is 0 Å². The fourth-order valence-corrected chi connectivity index (χ4v) is 8.71. The zero-order valence-corrected chi connectivity index (χ0v) is 18.4. The van der Waals surface area contributed by atoms with Crippen molar-refractivity contribution in [1.82, 2.24) is 10.2 Å². The summed E-state index contributed by atoms with van der Waals surface area (Å²) < 4.78 is 0. The van der Waals surface area contributed by atoms with Gasteiger partial charge in [0, 0.05) is 12.1 Å². The highest BCUT2D eigenvalue weighted by Crippen LogP contribution is 2.67. The normalized spacial score (nSPS) is 52.3. The molecule has 2 heteroatoms. The van der Waals surface area contributed by atoms with Crippen LogP contribution in [0.15, 0.2) is 0 Å². The minimum Gasteiger partial charge on any atom is -0.317 e. The second-order valence-electron chi connectivity index (χ2n) is 11.3. The van der Waals surface area contributed by atoms with E-state index in [2.05, 4.69) is 52.1 Å². The van der Waals surface area contributed by atoms with Crippen LogP contribution in [0.5, 0.6) is 0 Å². The van der Waals surface area contributed by atoms with Crippen molar-refractivity contribution in [3.8, 4) is 0 Å². The second kappa shape index (κ2) is 6.76. The van der Waals surface area contributed by atoms with Crippen LogP contribution in [0.3, 0.4) is 0 Å². The molecule has 0 bridgehead atoms. The van der Waals surface area contributed by atoms with E-state index >= 15 is 0 Å². The highest BCUT2D eigenvalue weighted by molar-refractivity contribution is 5.10. The molecule has 4 aliphatic rings. The van der Waals surface area contributed by atoms with Crippen molar-refractivity contribution >= 4 is 0 Å². The summed E-state index contributed by atoms with van der Waals surface area (Å²) in [6.07, 6.45) is 13.4. The van der Waals surface area contributed by atoms with Crippen LogP contribution in [0, 0.1) is 40.4 Å². The van der Waals surface area contributed by atoms with Crippen LogP contribution in [0.2, 0.25) is 0 Å². The van der Waals surface area contributed by atoms with E-state index in [0.29, 0.717) is 10.8 Å². The Morgan fingerprint density at radius 3 is 2.27 bits per heavy atom. The molecule has 0 aromatic carbocycles. The Morgan fingerprint density at radius 1 is 0.885 bits per heavy atom. The van der Waals surface area contributed by atoms with Crippen LogP contribution in [0.4, 0.5) is 0 Å². The monoisotopic (exact) mass is 360 g/mol. The molecule has 1 N–H and O–H groups in total. The van der Waals surface area contributed by atoms with Gasteiger partial charge in [-0.3, -0.25) is 0 Å². The standard InChI is InChI=1S/C24H44N2/c1-16(26(5)6)20-9-10-21-19-8-7-17-15-18(25-4)11-13-23(17,2)22(19)12-14-24(20,21)3/h16-22,25H,7-15H2,1-6H3/t16-,17-,18+,19-,20?,21-,22-,23-,24+/m0/s1. The quantitative estimate of drug-likeness (QED) is 0.745. The van der Waals surface area contributed by atoms with Gasteiger partial charge in [-0.1, -0.05) is 13.8 Å². The van der Waals surface area contributed by atoms with Gasteiger partial charge in [0.05, 0.1) is 0 Å². The van der Waals surface area contributed by atoms with Crippen molar-refractivity contribution in [1.29, 1.82) is 0 Å². The summed E-state index contributed by atoms with van der Waals surface area (Å²) in [5.41, 5.74) is 1.25. The predicted octanol–water partition coefficient (Wildman–Crippen LogP) is 5.18. The first-order valence-corrected chi connectivity index (χ1v) is 11.6. The molecule has 4 rings (SSSR count). The Bertz CT molecular complexity index is 516. The molecule has 0 amide bonds. The van der Waals surface area contributed by atoms with Crippen LogP contribution in [-0.2, 0) is 0 Å². The first kappa shape index (κ1) is 19.2. The van der Waals surface area contributed by atoms with Crippen molar-refractivity contribution in [2.75, 3.05) is 21.1 Å². The fourth-order valence-electron chi connectivity index (χ4n) is 8.71. The average molecular weight is 361 g/mol. The van der Waals surface area contributed by atoms with Gasteiger partial charge in [0.15, 0.2) is 0 Å². The molecular formula is C24H44N2. The molecule has 0 aromatic heterocycles. The van der Waals surface area contributed by atoms with Crippen LogP contribution >= 0.6 is 0 Å². The van der Waals surface area contributed by atoms with Crippen LogP contribution in [-0.4, -0.2) is 38.1 Å². The minimum absolute atomic E-state index is 0.607. The van der Waals surface area contributed by atoms with E-state index < -0.39 is 0 Å². The lowest BCUT2D eigenvalue weighted by atomic mass is 9.44. The van der Waals surface area contributed by atoms with Gasteiger partial charge in [-0.15, -0.1) is 0 Å². The molecule has 0 spiro atoms. The molecule has 26 heavy (non-hydrogen) atoms. The smallest absolute Gasteiger partial charge is 0.00944 e. The molecule has 4 aliphatic carbocycles. The summed E-state index contributed by atoms with van der Waals surface area (Å²) in [6, 6.07) is 1.52. The van der Waals surface area contributed by atoms with E-state index in [9.17, 15) is 0 Å². The Hall–Kier alpha value is -0.0800. The van der Waals surface area contributed by atoms with Gasteiger partial charge < -0.3 is 10.2 Å². The van der Waals surface area contributed by atoms with Gasteiger partial charge in [-0.25, -0.2) is 0 Å². The maximum atomic E-state index is 3.59. The largest absolute Gasteiger partial charge is 0.317 e. The minimum atomic E-state index is 0.607. The highest BCUT2D eigenvalue weighted by Gasteiger charge is 2.60. The summed E-state index contributed by atoms with van der Waals surface area (Å²) in [6.45, 7) is 7.89. The van der Waals surface area contributed by atoms with Gasteiger partial charge in [0.2, 0.25) is 0 Å². The summed E-state index contributed by atoms with van der Waals surface area (Å²) >= 11 is 0. The van der Waals surface area contributed by atoms with Crippen molar-refractivity contribution in [2.45, 2.75) is 90.6 Å². The summed E-state index contributed by atoms with van der Waals surface area (Å²) in [4.78, 5) is 2.49. The number of fused-ring (bicyclic) bond motifs is 5. The lowest BCUT2D eigenvalue weighted by Crippen LogP contribution is -2.55. The lowest BCUT2D eigenvalue weighted by Gasteiger charge is -2.61. The Kier molecular flexibility index (Phi) is 5.01. The summed E-state index contributed by atoms with van der Waals surface area (Å²) in [5.74, 6) is 4.95. The number of hydrogen-bond acceptors (Lipinski definition) is 2.